The number of ketones is 1. The molecule has 0 saturated heterocycles. The fraction of sp³-hybridized carbons (Fsp3) is 0.200. The Morgan fingerprint density at radius 1 is 0.900 bits per heavy atom. The van der Waals surface area contributed by atoms with Crippen molar-refractivity contribution < 1.29 is 20.5 Å². The Morgan fingerprint density at radius 3 is 2.40 bits per heavy atom. The van der Waals surface area contributed by atoms with Gasteiger partial charge in [-0.25, -0.2) is 0 Å². The SMILES string of the molecule is NC(=O)c1cccc(-c2ccc(CC(=O)C3(c4ccc5c(c4)OCO5)CC3)cc2)c1.[HH]. The Balaban J connectivity index is 0.00000231. The van der Waals surface area contributed by atoms with Crippen LogP contribution in [0.25, 0.3) is 11.1 Å². The largest absolute Gasteiger partial charge is 0.454 e. The Morgan fingerprint density at radius 2 is 1.67 bits per heavy atom. The van der Waals surface area contributed by atoms with Crippen LogP contribution in [-0.4, -0.2) is 18.5 Å². The number of amides is 1. The summed E-state index contributed by atoms with van der Waals surface area (Å²) >= 11 is 0. The second-order valence-corrected chi connectivity index (χ2v) is 7.89. The van der Waals surface area contributed by atoms with Gasteiger partial charge in [0.05, 0.1) is 5.41 Å². The van der Waals surface area contributed by atoms with Crippen LogP contribution in [0.4, 0.5) is 0 Å². The lowest BCUT2D eigenvalue weighted by Gasteiger charge is -2.15. The molecule has 5 rings (SSSR count). The van der Waals surface area contributed by atoms with Crippen molar-refractivity contribution in [1.29, 1.82) is 0 Å². The number of nitrogens with two attached hydrogens (primary N) is 1. The average Bonchev–Trinajstić information content (AvgIpc) is 3.45. The van der Waals surface area contributed by atoms with Crippen molar-refractivity contribution in [2.24, 2.45) is 5.73 Å². The molecular weight excluding hydrogens is 378 g/mol. The number of ether oxygens (including phenoxy) is 2. The molecule has 5 heteroatoms. The van der Waals surface area contributed by atoms with Crippen molar-refractivity contribution >= 4 is 11.7 Å². The molecule has 0 unspecified atom stereocenters. The summed E-state index contributed by atoms with van der Waals surface area (Å²) in [6.45, 7) is 0.231. The molecule has 0 aromatic heterocycles. The lowest BCUT2D eigenvalue weighted by molar-refractivity contribution is -0.120. The van der Waals surface area contributed by atoms with Crippen LogP contribution >= 0.6 is 0 Å². The zero-order valence-corrected chi connectivity index (χ0v) is 16.4. The summed E-state index contributed by atoms with van der Waals surface area (Å²) in [5.74, 6) is 1.23. The predicted octanol–water partition coefficient (Wildman–Crippen LogP) is 4.27. The number of carbonyl (C=O) groups is 2. The lowest BCUT2D eigenvalue weighted by atomic mass is 9.87. The van der Waals surface area contributed by atoms with Crippen LogP contribution in [0, 0.1) is 0 Å². The van der Waals surface area contributed by atoms with Crippen LogP contribution in [0.5, 0.6) is 11.5 Å². The maximum atomic E-state index is 13.1. The molecule has 1 saturated carbocycles. The van der Waals surface area contributed by atoms with Gasteiger partial charge in [0.15, 0.2) is 11.5 Å². The minimum absolute atomic E-state index is 0. The van der Waals surface area contributed by atoms with E-state index in [4.69, 9.17) is 15.2 Å². The van der Waals surface area contributed by atoms with Crippen molar-refractivity contribution in [3.05, 3.63) is 83.4 Å². The van der Waals surface area contributed by atoms with Gasteiger partial charge in [-0.2, -0.15) is 0 Å². The van der Waals surface area contributed by atoms with E-state index < -0.39 is 11.3 Å². The number of Topliss-reactive ketones (excluding diaryl/α,β-unsaturated/α-hetero) is 1. The van der Waals surface area contributed by atoms with E-state index in [1.807, 2.05) is 54.6 Å². The molecule has 0 atom stereocenters. The Labute approximate surface area is 175 Å². The van der Waals surface area contributed by atoms with Crippen LogP contribution in [0.3, 0.4) is 0 Å². The molecule has 3 aromatic carbocycles. The van der Waals surface area contributed by atoms with Gasteiger partial charge in [0.25, 0.3) is 0 Å². The van der Waals surface area contributed by atoms with Gasteiger partial charge in [0.1, 0.15) is 5.78 Å². The van der Waals surface area contributed by atoms with E-state index in [9.17, 15) is 9.59 Å². The summed E-state index contributed by atoms with van der Waals surface area (Å²) in [7, 11) is 0. The zero-order chi connectivity index (χ0) is 20.7. The zero-order valence-electron chi connectivity index (χ0n) is 16.4. The van der Waals surface area contributed by atoms with Gasteiger partial charge in [0.2, 0.25) is 12.7 Å². The monoisotopic (exact) mass is 401 g/mol. The van der Waals surface area contributed by atoms with Crippen LogP contribution in [0.2, 0.25) is 0 Å². The highest BCUT2D eigenvalue weighted by atomic mass is 16.7. The van der Waals surface area contributed by atoms with E-state index in [-0.39, 0.29) is 14.0 Å². The highest BCUT2D eigenvalue weighted by Crippen LogP contribution is 2.51. The van der Waals surface area contributed by atoms with Gasteiger partial charge < -0.3 is 15.2 Å². The molecule has 1 amide bonds. The molecule has 3 aromatic rings. The molecule has 1 aliphatic carbocycles. The summed E-state index contributed by atoms with van der Waals surface area (Å²) in [5, 5.41) is 0. The maximum Gasteiger partial charge on any atom is 0.248 e. The van der Waals surface area contributed by atoms with E-state index >= 15 is 0 Å². The smallest absolute Gasteiger partial charge is 0.248 e. The molecule has 5 nitrogen and oxygen atoms in total. The third kappa shape index (κ3) is 3.22. The number of hydrogen-bond donors (Lipinski definition) is 1. The standard InChI is InChI=1S/C25H21NO4.H2/c26-24(28)19-3-1-2-18(13-19)17-6-4-16(5-7-17)12-23(27)25(10-11-25)20-8-9-21-22(14-20)30-15-29-21;/h1-9,13-14H,10-12,15H2,(H2,26,28);1H. The van der Waals surface area contributed by atoms with Crippen LogP contribution < -0.4 is 15.2 Å². The molecule has 2 N–H and O–H groups in total. The summed E-state index contributed by atoms with van der Waals surface area (Å²) in [4.78, 5) is 24.6. The fourth-order valence-electron chi connectivity index (χ4n) is 4.07. The van der Waals surface area contributed by atoms with Gasteiger partial charge in [-0.05, 0) is 59.4 Å². The van der Waals surface area contributed by atoms with E-state index in [1.54, 1.807) is 12.1 Å². The Bertz CT molecular complexity index is 1150. The first-order valence-electron chi connectivity index (χ1n) is 9.98. The molecule has 0 spiro atoms. The second kappa shape index (κ2) is 7.02. The van der Waals surface area contributed by atoms with E-state index in [2.05, 4.69) is 0 Å². The first-order valence-corrected chi connectivity index (χ1v) is 9.98. The van der Waals surface area contributed by atoms with Crippen molar-refractivity contribution in [2.45, 2.75) is 24.7 Å². The topological polar surface area (TPSA) is 78.6 Å². The lowest BCUT2D eigenvalue weighted by Crippen LogP contribution is -2.22. The first kappa shape index (κ1) is 18.4. The van der Waals surface area contributed by atoms with Gasteiger partial charge >= 0.3 is 0 Å². The normalized spacial score (nSPS) is 15.6. The molecule has 1 aliphatic heterocycles. The quantitative estimate of drug-likeness (QED) is 0.669. The van der Waals surface area contributed by atoms with Gasteiger partial charge in [0, 0.05) is 13.4 Å². The summed E-state index contributed by atoms with van der Waals surface area (Å²) < 4.78 is 10.9. The van der Waals surface area contributed by atoms with Crippen molar-refractivity contribution in [2.75, 3.05) is 6.79 Å². The summed E-state index contributed by atoms with van der Waals surface area (Å²) in [5.41, 5.74) is 9.33. The molecule has 1 fully saturated rings. The number of rotatable bonds is 6. The Kier molecular flexibility index (Phi) is 4.31. The van der Waals surface area contributed by atoms with Crippen LogP contribution in [0.15, 0.2) is 66.7 Å². The van der Waals surface area contributed by atoms with Crippen LogP contribution in [-0.2, 0) is 16.6 Å². The molecular formula is C25H23NO4. The van der Waals surface area contributed by atoms with Crippen molar-refractivity contribution in [3.8, 4) is 22.6 Å². The number of hydrogen-bond acceptors (Lipinski definition) is 4. The minimum atomic E-state index is -0.447. The molecule has 0 radical (unpaired) electrons. The first-order chi connectivity index (χ1) is 14.5. The van der Waals surface area contributed by atoms with E-state index in [1.165, 1.54) is 0 Å². The third-order valence-corrected chi connectivity index (χ3v) is 6.01. The van der Waals surface area contributed by atoms with Gasteiger partial charge in [-0.15, -0.1) is 0 Å². The van der Waals surface area contributed by atoms with Crippen LogP contribution in [0.1, 0.15) is 35.8 Å². The Hall–Kier alpha value is -3.60. The highest BCUT2D eigenvalue weighted by molar-refractivity contribution is 5.95. The van der Waals surface area contributed by atoms with Crippen molar-refractivity contribution in [1.82, 2.24) is 0 Å². The van der Waals surface area contributed by atoms with Gasteiger partial charge in [-0.3, -0.25) is 9.59 Å². The van der Waals surface area contributed by atoms with E-state index in [0.717, 1.165) is 40.8 Å². The minimum Gasteiger partial charge on any atom is -0.454 e. The molecule has 2 aliphatic rings. The summed E-state index contributed by atoms with van der Waals surface area (Å²) in [6.07, 6.45) is 2.11. The number of primary amides is 1. The number of fused-ring (bicyclic) bond motifs is 1. The third-order valence-electron chi connectivity index (χ3n) is 6.01. The van der Waals surface area contributed by atoms with E-state index in [0.29, 0.717) is 17.7 Å². The predicted molar refractivity (Wildman–Crippen MR) is 115 cm³/mol. The molecule has 30 heavy (non-hydrogen) atoms. The fourth-order valence-corrected chi connectivity index (χ4v) is 4.07. The van der Waals surface area contributed by atoms with Gasteiger partial charge in [-0.1, -0.05) is 42.5 Å². The molecule has 152 valence electrons. The number of benzene rings is 3. The highest BCUT2D eigenvalue weighted by Gasteiger charge is 2.50. The second-order valence-electron chi connectivity index (χ2n) is 7.89. The number of carbonyl (C=O) groups excluding carboxylic acids is 2. The van der Waals surface area contributed by atoms with Crippen molar-refractivity contribution in [3.63, 3.8) is 0 Å². The maximum absolute atomic E-state index is 13.1. The molecule has 0 bridgehead atoms. The summed E-state index contributed by atoms with van der Waals surface area (Å²) in [6, 6.07) is 20.9. The average molecular weight is 401 g/mol. The molecule has 1 heterocycles.